The average molecular weight is 451 g/mol. The van der Waals surface area contributed by atoms with Gasteiger partial charge in [0.1, 0.15) is 11.6 Å². The zero-order valence-corrected chi connectivity index (χ0v) is 18.8. The Morgan fingerprint density at radius 1 is 1.13 bits per heavy atom. The third-order valence-electron chi connectivity index (χ3n) is 7.36. The van der Waals surface area contributed by atoms with E-state index in [0.717, 1.165) is 31.5 Å². The molecule has 1 amide bonds. The summed E-state index contributed by atoms with van der Waals surface area (Å²) in [6, 6.07) is 5.32. The standard InChI is InChI=1S/C23H28Cl2N2O3/c1-26(22(30)13-15-4-5-16(24)17(25)12-15)18-8-9-23(20(28)6-7-21(23)29)14-19(18)27-10-2-3-11-27/h4-5,12,18-19H,2-3,6-11,13-14H2,1H3/t18-,19-/m1/s1. The van der Waals surface area contributed by atoms with Crippen LogP contribution in [-0.2, 0) is 20.8 Å². The Labute approximate surface area is 187 Å². The van der Waals surface area contributed by atoms with E-state index in [0.29, 0.717) is 42.1 Å². The monoisotopic (exact) mass is 450 g/mol. The Kier molecular flexibility index (Phi) is 6.25. The maximum atomic E-state index is 13.1. The van der Waals surface area contributed by atoms with E-state index in [1.54, 1.807) is 12.1 Å². The minimum atomic E-state index is -0.808. The predicted molar refractivity (Wildman–Crippen MR) is 117 cm³/mol. The van der Waals surface area contributed by atoms with Crippen molar-refractivity contribution in [1.82, 2.24) is 9.80 Å². The third-order valence-corrected chi connectivity index (χ3v) is 8.09. The summed E-state index contributed by atoms with van der Waals surface area (Å²) < 4.78 is 0. The molecule has 1 aromatic rings. The fraction of sp³-hybridized carbons (Fsp3) is 0.609. The second-order valence-electron chi connectivity index (χ2n) is 8.98. The van der Waals surface area contributed by atoms with Crippen molar-refractivity contribution in [2.75, 3.05) is 20.1 Å². The quantitative estimate of drug-likeness (QED) is 0.651. The van der Waals surface area contributed by atoms with Gasteiger partial charge in [0.25, 0.3) is 0 Å². The lowest BCUT2D eigenvalue weighted by atomic mass is 9.67. The van der Waals surface area contributed by atoms with Crippen molar-refractivity contribution in [2.45, 2.75) is 63.5 Å². The number of halogens is 2. The van der Waals surface area contributed by atoms with Crippen molar-refractivity contribution in [3.05, 3.63) is 33.8 Å². The molecule has 5 nitrogen and oxygen atoms in total. The van der Waals surface area contributed by atoms with Crippen molar-refractivity contribution in [3.8, 4) is 0 Å². The molecule has 0 radical (unpaired) electrons. The molecular weight excluding hydrogens is 423 g/mol. The minimum absolute atomic E-state index is 0.00481. The second kappa shape index (κ2) is 8.60. The number of rotatable bonds is 4. The fourth-order valence-corrected chi connectivity index (χ4v) is 5.90. The zero-order valence-electron chi connectivity index (χ0n) is 17.3. The van der Waals surface area contributed by atoms with E-state index in [-0.39, 0.29) is 36.0 Å². The molecule has 30 heavy (non-hydrogen) atoms. The zero-order chi connectivity index (χ0) is 21.5. The Morgan fingerprint density at radius 2 is 1.80 bits per heavy atom. The summed E-state index contributed by atoms with van der Waals surface area (Å²) in [5, 5.41) is 0.913. The van der Waals surface area contributed by atoms with Crippen LogP contribution in [0.4, 0.5) is 0 Å². The molecule has 162 valence electrons. The van der Waals surface area contributed by atoms with Gasteiger partial charge >= 0.3 is 0 Å². The molecule has 2 saturated carbocycles. The molecule has 1 aromatic carbocycles. The molecular formula is C23H28Cl2N2O3. The van der Waals surface area contributed by atoms with Crippen molar-refractivity contribution in [2.24, 2.45) is 5.41 Å². The number of carbonyl (C=O) groups is 3. The van der Waals surface area contributed by atoms with Crippen LogP contribution in [0.5, 0.6) is 0 Å². The van der Waals surface area contributed by atoms with E-state index in [1.165, 1.54) is 0 Å². The Hall–Kier alpha value is -1.43. The molecule has 0 unspecified atom stereocenters. The number of ketones is 2. The maximum absolute atomic E-state index is 13.1. The van der Waals surface area contributed by atoms with Crippen LogP contribution >= 0.6 is 23.2 Å². The molecule has 2 aliphatic carbocycles. The lowest BCUT2D eigenvalue weighted by molar-refractivity contribution is -0.142. The summed E-state index contributed by atoms with van der Waals surface area (Å²) in [7, 11) is 1.85. The predicted octanol–water partition coefficient (Wildman–Crippen LogP) is 3.93. The summed E-state index contributed by atoms with van der Waals surface area (Å²) in [6.45, 7) is 1.93. The van der Waals surface area contributed by atoms with E-state index in [1.807, 2.05) is 18.0 Å². The number of amides is 1. The highest BCUT2D eigenvalue weighted by Gasteiger charge is 2.55. The van der Waals surface area contributed by atoms with Crippen LogP contribution < -0.4 is 0 Å². The number of Topliss-reactive ketones (excluding diaryl/α,β-unsaturated/α-hetero) is 2. The SMILES string of the molecule is CN(C(=O)Cc1ccc(Cl)c(Cl)c1)[C@@H]1CCC2(C[C@H]1N1CCCC1)C(=O)CCC2=O. The van der Waals surface area contributed by atoms with Gasteiger partial charge in [-0.15, -0.1) is 0 Å². The van der Waals surface area contributed by atoms with Crippen LogP contribution in [0, 0.1) is 5.41 Å². The Morgan fingerprint density at radius 3 is 2.43 bits per heavy atom. The Bertz CT molecular complexity index is 850. The van der Waals surface area contributed by atoms with Gasteiger partial charge in [0.05, 0.1) is 21.9 Å². The number of likely N-dealkylation sites (N-methyl/N-ethyl adjacent to an activating group) is 1. The first-order valence-corrected chi connectivity index (χ1v) is 11.6. The highest BCUT2D eigenvalue weighted by Crippen LogP contribution is 2.47. The average Bonchev–Trinajstić information content (AvgIpc) is 3.35. The van der Waals surface area contributed by atoms with Gasteiger partial charge in [-0.25, -0.2) is 0 Å². The maximum Gasteiger partial charge on any atom is 0.227 e. The molecule has 3 aliphatic rings. The van der Waals surface area contributed by atoms with Gasteiger partial charge in [0.15, 0.2) is 0 Å². The molecule has 0 bridgehead atoms. The van der Waals surface area contributed by atoms with E-state index >= 15 is 0 Å². The molecule has 4 rings (SSSR count). The first-order chi connectivity index (χ1) is 14.3. The number of benzene rings is 1. The largest absolute Gasteiger partial charge is 0.341 e. The number of likely N-dealkylation sites (tertiary alicyclic amines) is 1. The normalized spacial score (nSPS) is 26.5. The second-order valence-corrected chi connectivity index (χ2v) is 9.79. The van der Waals surface area contributed by atoms with Crippen molar-refractivity contribution < 1.29 is 14.4 Å². The van der Waals surface area contributed by atoms with Gasteiger partial charge in [0, 0.05) is 32.0 Å². The highest BCUT2D eigenvalue weighted by molar-refractivity contribution is 6.42. The molecule has 1 spiro atoms. The van der Waals surface area contributed by atoms with Crippen LogP contribution in [0.3, 0.4) is 0 Å². The summed E-state index contributed by atoms with van der Waals surface area (Å²) >= 11 is 12.1. The number of nitrogens with zero attached hydrogens (tertiary/aromatic N) is 2. The number of hydrogen-bond acceptors (Lipinski definition) is 4. The summed E-state index contributed by atoms with van der Waals surface area (Å²) in [6.07, 6.45) is 5.05. The van der Waals surface area contributed by atoms with Crippen molar-refractivity contribution in [1.29, 1.82) is 0 Å². The topological polar surface area (TPSA) is 57.7 Å². The summed E-state index contributed by atoms with van der Waals surface area (Å²) in [5.41, 5.74) is 0.0181. The highest BCUT2D eigenvalue weighted by atomic mass is 35.5. The van der Waals surface area contributed by atoms with Crippen molar-refractivity contribution in [3.63, 3.8) is 0 Å². The lowest BCUT2D eigenvalue weighted by Crippen LogP contribution is -2.58. The van der Waals surface area contributed by atoms with Gasteiger partial charge in [-0.1, -0.05) is 29.3 Å². The van der Waals surface area contributed by atoms with E-state index in [2.05, 4.69) is 4.90 Å². The molecule has 1 aliphatic heterocycles. The Balaban J connectivity index is 1.53. The van der Waals surface area contributed by atoms with Crippen LogP contribution in [0.2, 0.25) is 10.0 Å². The third kappa shape index (κ3) is 3.92. The van der Waals surface area contributed by atoms with Crippen LogP contribution in [0.25, 0.3) is 0 Å². The molecule has 7 heteroatoms. The molecule has 0 N–H and O–H groups in total. The molecule has 0 aromatic heterocycles. The summed E-state index contributed by atoms with van der Waals surface area (Å²) in [5.74, 6) is 0.238. The van der Waals surface area contributed by atoms with Crippen LogP contribution in [-0.4, -0.2) is 59.5 Å². The van der Waals surface area contributed by atoms with Crippen molar-refractivity contribution >= 4 is 40.7 Å². The first-order valence-electron chi connectivity index (χ1n) is 10.8. The van der Waals surface area contributed by atoms with E-state index in [4.69, 9.17) is 23.2 Å². The molecule has 3 fully saturated rings. The van der Waals surface area contributed by atoms with Gasteiger partial charge in [-0.3, -0.25) is 19.3 Å². The van der Waals surface area contributed by atoms with Gasteiger partial charge in [-0.05, 0) is 62.9 Å². The van der Waals surface area contributed by atoms with Gasteiger partial charge in [-0.2, -0.15) is 0 Å². The number of hydrogen-bond donors (Lipinski definition) is 0. The van der Waals surface area contributed by atoms with Crippen LogP contribution in [0.1, 0.15) is 50.5 Å². The minimum Gasteiger partial charge on any atom is -0.341 e. The summed E-state index contributed by atoms with van der Waals surface area (Å²) in [4.78, 5) is 42.7. The fourth-order valence-electron chi connectivity index (χ4n) is 5.58. The van der Waals surface area contributed by atoms with Gasteiger partial charge in [0.2, 0.25) is 5.91 Å². The van der Waals surface area contributed by atoms with Crippen LogP contribution in [0.15, 0.2) is 18.2 Å². The lowest BCUT2D eigenvalue weighted by Gasteiger charge is -2.47. The smallest absolute Gasteiger partial charge is 0.227 e. The molecule has 2 atom stereocenters. The first kappa shape index (κ1) is 21.8. The molecule has 1 heterocycles. The van der Waals surface area contributed by atoms with Gasteiger partial charge < -0.3 is 4.90 Å². The van der Waals surface area contributed by atoms with E-state index < -0.39 is 5.41 Å². The van der Waals surface area contributed by atoms with E-state index in [9.17, 15) is 14.4 Å². The number of carbonyl (C=O) groups excluding carboxylic acids is 3. The molecule has 1 saturated heterocycles.